The molecule has 0 aliphatic rings. The minimum Gasteiger partial charge on any atom is -0.256 e. The van der Waals surface area contributed by atoms with Gasteiger partial charge in [-0.05, 0) is 11.3 Å². The molecular weight excluding hydrogens is 246 g/mol. The second-order valence-electron chi connectivity index (χ2n) is 5.37. The third-order valence-corrected chi connectivity index (χ3v) is 7.33. The highest BCUT2D eigenvalue weighted by molar-refractivity contribution is 7.01. The molecule has 0 unspecified atom stereocenters. The normalized spacial score (nSPS) is 11.7. The molecule has 3 aromatic rings. The van der Waals surface area contributed by atoms with Crippen LogP contribution in [-0.4, -0.2) is 13.1 Å². The van der Waals surface area contributed by atoms with Gasteiger partial charge >= 0.3 is 0 Å². The molecule has 94 valence electrons. The topological polar surface area (TPSA) is 12.9 Å². The van der Waals surface area contributed by atoms with Crippen LogP contribution in [0.4, 0.5) is 0 Å². The zero-order valence-corrected chi connectivity index (χ0v) is 12.3. The predicted molar refractivity (Wildman–Crippen MR) is 84.9 cm³/mol. The Hall–Kier alpha value is -1.93. The maximum atomic E-state index is 4.61. The van der Waals surface area contributed by atoms with Gasteiger partial charge in [0.25, 0.3) is 0 Å². The summed E-state index contributed by atoms with van der Waals surface area (Å²) in [5.41, 5.74) is 1.16. The van der Waals surface area contributed by atoms with E-state index in [4.69, 9.17) is 0 Å². The fourth-order valence-corrected chi connectivity index (χ4v) is 5.27. The Kier molecular flexibility index (Phi) is 2.95. The van der Waals surface area contributed by atoms with Crippen molar-refractivity contribution in [1.82, 2.24) is 4.98 Å². The number of nitrogens with zero attached hydrogens (tertiary/aromatic N) is 1. The van der Waals surface area contributed by atoms with Gasteiger partial charge in [0, 0.05) is 11.6 Å². The van der Waals surface area contributed by atoms with Crippen molar-refractivity contribution in [2.75, 3.05) is 0 Å². The minimum absolute atomic E-state index is 1.16. The molecule has 0 amide bonds. The fourth-order valence-electron chi connectivity index (χ4n) is 2.62. The van der Waals surface area contributed by atoms with Gasteiger partial charge in [0.2, 0.25) is 0 Å². The summed E-state index contributed by atoms with van der Waals surface area (Å²) in [6.45, 7) is 4.79. The van der Waals surface area contributed by atoms with Gasteiger partial charge in [0.05, 0.1) is 5.52 Å². The summed E-state index contributed by atoms with van der Waals surface area (Å²) < 4.78 is 0. The van der Waals surface area contributed by atoms with Crippen LogP contribution in [0.25, 0.3) is 10.9 Å². The third kappa shape index (κ3) is 2.08. The lowest BCUT2D eigenvalue weighted by atomic mass is 10.2. The summed E-state index contributed by atoms with van der Waals surface area (Å²) in [5, 5.41) is 4.10. The highest BCUT2D eigenvalue weighted by Gasteiger charge is 2.27. The number of aromatic nitrogens is 1. The van der Waals surface area contributed by atoms with Crippen LogP contribution < -0.4 is 10.4 Å². The van der Waals surface area contributed by atoms with E-state index in [1.165, 1.54) is 15.8 Å². The Morgan fingerprint density at radius 1 is 0.789 bits per heavy atom. The van der Waals surface area contributed by atoms with Gasteiger partial charge in [0.1, 0.15) is 8.07 Å². The molecule has 2 aromatic carbocycles. The summed E-state index contributed by atoms with van der Waals surface area (Å²) in [5.74, 6) is 0. The predicted octanol–water partition coefficient (Wildman–Crippen LogP) is 3.06. The Labute approximate surface area is 115 Å². The van der Waals surface area contributed by atoms with E-state index in [1.807, 2.05) is 12.3 Å². The lowest BCUT2D eigenvalue weighted by molar-refractivity contribution is 1.42. The van der Waals surface area contributed by atoms with Gasteiger partial charge in [-0.15, -0.1) is 0 Å². The molecular formula is C17H17NSi. The quantitative estimate of drug-likeness (QED) is 0.648. The monoisotopic (exact) mass is 263 g/mol. The van der Waals surface area contributed by atoms with Gasteiger partial charge in [-0.2, -0.15) is 0 Å². The zero-order chi connectivity index (χ0) is 13.3. The number of hydrogen-bond acceptors (Lipinski definition) is 1. The first-order chi connectivity index (χ1) is 9.19. The standard InChI is InChI=1S/C17H17NSi/c1-19(2,15-10-4-3-5-11-15)16-12-6-8-14-9-7-13-18-17(14)16/h3-13H,1-2H3. The van der Waals surface area contributed by atoms with Crippen molar-refractivity contribution in [1.29, 1.82) is 0 Å². The van der Waals surface area contributed by atoms with E-state index in [0.717, 1.165) is 5.52 Å². The van der Waals surface area contributed by atoms with E-state index in [2.05, 4.69) is 72.7 Å². The lowest BCUT2D eigenvalue weighted by Gasteiger charge is -2.24. The molecule has 0 bridgehead atoms. The fraction of sp³-hybridized carbons (Fsp3) is 0.118. The van der Waals surface area contributed by atoms with Crippen molar-refractivity contribution >= 4 is 29.4 Å². The van der Waals surface area contributed by atoms with E-state index >= 15 is 0 Å². The molecule has 0 fully saturated rings. The van der Waals surface area contributed by atoms with E-state index in [1.54, 1.807) is 0 Å². The second kappa shape index (κ2) is 4.63. The van der Waals surface area contributed by atoms with E-state index in [9.17, 15) is 0 Å². The second-order valence-corrected chi connectivity index (χ2v) is 9.74. The Morgan fingerprint density at radius 3 is 2.32 bits per heavy atom. The van der Waals surface area contributed by atoms with Crippen LogP contribution in [0.1, 0.15) is 0 Å². The van der Waals surface area contributed by atoms with Gasteiger partial charge in [-0.1, -0.05) is 72.9 Å². The van der Waals surface area contributed by atoms with Crippen molar-refractivity contribution in [3.8, 4) is 0 Å². The number of rotatable bonds is 2. The summed E-state index contributed by atoms with van der Waals surface area (Å²) in [7, 11) is -1.68. The van der Waals surface area contributed by atoms with Gasteiger partial charge in [-0.3, -0.25) is 4.98 Å². The lowest BCUT2D eigenvalue weighted by Crippen LogP contribution is -2.53. The first kappa shape index (κ1) is 12.1. The molecule has 0 aliphatic heterocycles. The van der Waals surface area contributed by atoms with Crippen LogP contribution >= 0.6 is 0 Å². The van der Waals surface area contributed by atoms with Crippen LogP contribution in [0.15, 0.2) is 66.9 Å². The molecule has 3 rings (SSSR count). The molecule has 1 nitrogen and oxygen atoms in total. The van der Waals surface area contributed by atoms with Gasteiger partial charge in [0.15, 0.2) is 0 Å². The molecule has 19 heavy (non-hydrogen) atoms. The van der Waals surface area contributed by atoms with E-state index in [-0.39, 0.29) is 0 Å². The first-order valence-electron chi connectivity index (χ1n) is 6.59. The maximum absolute atomic E-state index is 4.61. The number of fused-ring (bicyclic) bond motifs is 1. The molecule has 0 radical (unpaired) electrons. The zero-order valence-electron chi connectivity index (χ0n) is 11.3. The molecule has 0 aliphatic carbocycles. The average Bonchev–Trinajstić information content (AvgIpc) is 2.47. The average molecular weight is 263 g/mol. The molecule has 0 atom stereocenters. The van der Waals surface area contributed by atoms with Crippen LogP contribution in [0.3, 0.4) is 0 Å². The Bertz CT molecular complexity index is 699. The van der Waals surface area contributed by atoms with Crippen LogP contribution in [0.2, 0.25) is 13.1 Å². The number of benzene rings is 2. The number of para-hydroxylation sites is 1. The van der Waals surface area contributed by atoms with Gasteiger partial charge in [-0.25, -0.2) is 0 Å². The molecule has 0 N–H and O–H groups in total. The first-order valence-corrected chi connectivity index (χ1v) is 9.59. The molecule has 1 heterocycles. The summed E-state index contributed by atoms with van der Waals surface area (Å²) in [6.07, 6.45) is 1.89. The van der Waals surface area contributed by atoms with Crippen molar-refractivity contribution in [3.63, 3.8) is 0 Å². The van der Waals surface area contributed by atoms with Crippen molar-refractivity contribution in [2.45, 2.75) is 13.1 Å². The van der Waals surface area contributed by atoms with Crippen LogP contribution in [0, 0.1) is 0 Å². The van der Waals surface area contributed by atoms with Crippen molar-refractivity contribution in [3.05, 3.63) is 66.9 Å². The molecule has 0 spiro atoms. The Morgan fingerprint density at radius 2 is 1.53 bits per heavy atom. The number of hydrogen-bond donors (Lipinski definition) is 0. The van der Waals surface area contributed by atoms with E-state index < -0.39 is 8.07 Å². The van der Waals surface area contributed by atoms with E-state index in [0.29, 0.717) is 0 Å². The Balaban J connectivity index is 2.24. The van der Waals surface area contributed by atoms with Gasteiger partial charge < -0.3 is 0 Å². The SMILES string of the molecule is C[Si](C)(c1ccccc1)c1cccc2cccnc12. The largest absolute Gasteiger partial charge is 0.256 e. The summed E-state index contributed by atoms with van der Waals surface area (Å²) in [4.78, 5) is 4.61. The van der Waals surface area contributed by atoms with Crippen molar-refractivity contribution in [2.24, 2.45) is 0 Å². The summed E-state index contributed by atoms with van der Waals surface area (Å²) >= 11 is 0. The van der Waals surface area contributed by atoms with Crippen molar-refractivity contribution < 1.29 is 0 Å². The third-order valence-electron chi connectivity index (χ3n) is 3.80. The molecule has 0 saturated heterocycles. The molecule has 0 saturated carbocycles. The maximum Gasteiger partial charge on any atom is 0.115 e. The smallest absolute Gasteiger partial charge is 0.115 e. The highest BCUT2D eigenvalue weighted by atomic mass is 28.3. The molecule has 1 aromatic heterocycles. The summed E-state index contributed by atoms with van der Waals surface area (Å²) in [6, 6.07) is 21.5. The van der Waals surface area contributed by atoms with Crippen LogP contribution in [0.5, 0.6) is 0 Å². The number of pyridine rings is 1. The van der Waals surface area contributed by atoms with Crippen LogP contribution in [-0.2, 0) is 0 Å². The highest BCUT2D eigenvalue weighted by Crippen LogP contribution is 2.13. The molecule has 2 heteroatoms. The minimum atomic E-state index is -1.68.